The maximum atomic E-state index is 12.9. The van der Waals surface area contributed by atoms with Gasteiger partial charge in [-0.25, -0.2) is 0 Å². The molecule has 2 heterocycles. The molecule has 0 spiro atoms. The number of aryl methyl sites for hydroxylation is 3. The lowest BCUT2D eigenvalue weighted by atomic mass is 9.97. The van der Waals surface area contributed by atoms with Crippen molar-refractivity contribution >= 4 is 5.91 Å². The minimum Gasteiger partial charge on any atom is -0.491 e. The number of piperidine rings is 1. The Labute approximate surface area is 201 Å². The van der Waals surface area contributed by atoms with Crippen LogP contribution in [0.4, 0.5) is 0 Å². The van der Waals surface area contributed by atoms with Gasteiger partial charge >= 0.3 is 0 Å². The van der Waals surface area contributed by atoms with Crippen LogP contribution in [0, 0.1) is 26.7 Å². The summed E-state index contributed by atoms with van der Waals surface area (Å²) in [5, 5.41) is 7.26. The Morgan fingerprint density at radius 1 is 1.21 bits per heavy atom. The van der Waals surface area contributed by atoms with Gasteiger partial charge in [0.25, 0.3) is 0 Å². The highest BCUT2D eigenvalue weighted by Gasteiger charge is 2.27. The number of carbonyl (C=O) groups excluding carboxylic acids is 1. The lowest BCUT2D eigenvalue weighted by Crippen LogP contribution is -2.46. The second-order valence-corrected chi connectivity index (χ2v) is 9.42. The van der Waals surface area contributed by atoms with Crippen LogP contribution >= 0.6 is 0 Å². The third kappa shape index (κ3) is 6.23. The molecule has 7 nitrogen and oxygen atoms in total. The molecule has 0 radical (unpaired) electrons. The molecular formula is C27H34N4O3. The monoisotopic (exact) mass is 462 g/mol. The third-order valence-electron chi connectivity index (χ3n) is 6.35. The molecule has 3 aromatic rings. The molecule has 1 aliphatic rings. The number of hydrogen-bond donors (Lipinski definition) is 1. The first kappa shape index (κ1) is 24.0. The summed E-state index contributed by atoms with van der Waals surface area (Å²) >= 11 is 0. The van der Waals surface area contributed by atoms with Gasteiger partial charge in [0.1, 0.15) is 12.4 Å². The number of rotatable bonds is 8. The van der Waals surface area contributed by atoms with E-state index in [1.807, 2.05) is 50.2 Å². The van der Waals surface area contributed by atoms with Crippen LogP contribution in [0.15, 0.2) is 47.0 Å². The molecule has 2 aromatic carbocycles. The van der Waals surface area contributed by atoms with Crippen LogP contribution in [0.5, 0.6) is 5.75 Å². The van der Waals surface area contributed by atoms with Gasteiger partial charge in [0, 0.05) is 12.1 Å². The Kier molecular flexibility index (Phi) is 7.63. The molecular weight excluding hydrogens is 428 g/mol. The fourth-order valence-electron chi connectivity index (χ4n) is 4.25. The van der Waals surface area contributed by atoms with Gasteiger partial charge in [-0.05, 0) is 76.4 Å². The van der Waals surface area contributed by atoms with Gasteiger partial charge in [0.2, 0.25) is 17.6 Å². The van der Waals surface area contributed by atoms with E-state index in [9.17, 15) is 4.79 Å². The summed E-state index contributed by atoms with van der Waals surface area (Å²) in [7, 11) is 0. The Balaban J connectivity index is 1.26. The van der Waals surface area contributed by atoms with Crippen molar-refractivity contribution in [2.24, 2.45) is 5.92 Å². The Morgan fingerprint density at radius 3 is 2.85 bits per heavy atom. The molecule has 1 N–H and O–H groups in total. The number of benzene rings is 2. The Hall–Kier alpha value is -3.19. The van der Waals surface area contributed by atoms with Crippen LogP contribution in [-0.2, 0) is 11.3 Å². The molecule has 180 valence electrons. The summed E-state index contributed by atoms with van der Waals surface area (Å²) in [6.07, 6.45) is 1.84. The number of hydrogen-bond acceptors (Lipinski definition) is 6. The van der Waals surface area contributed by atoms with Crippen LogP contribution in [0.3, 0.4) is 0 Å². The van der Waals surface area contributed by atoms with Crippen LogP contribution in [-0.4, -0.2) is 46.7 Å². The van der Waals surface area contributed by atoms with Crippen LogP contribution in [0.1, 0.15) is 42.3 Å². The summed E-state index contributed by atoms with van der Waals surface area (Å²) in [6, 6.07) is 14.0. The smallest absolute Gasteiger partial charge is 0.241 e. The molecule has 0 aliphatic carbocycles. The summed E-state index contributed by atoms with van der Waals surface area (Å²) in [6.45, 7) is 10.8. The van der Waals surface area contributed by atoms with Gasteiger partial charge in [-0.3, -0.25) is 9.69 Å². The van der Waals surface area contributed by atoms with E-state index in [-0.39, 0.29) is 17.9 Å². The number of likely N-dealkylation sites (tertiary alicyclic amines) is 1. The zero-order valence-corrected chi connectivity index (χ0v) is 20.5. The number of carbonyl (C=O) groups is 1. The molecule has 34 heavy (non-hydrogen) atoms. The number of nitrogens with zero attached hydrogens (tertiary/aromatic N) is 3. The van der Waals surface area contributed by atoms with E-state index in [0.717, 1.165) is 36.3 Å². The molecule has 1 amide bonds. The number of ether oxygens (including phenoxy) is 1. The highest BCUT2D eigenvalue weighted by molar-refractivity contribution is 5.79. The minimum atomic E-state index is -0.0719. The van der Waals surface area contributed by atoms with Gasteiger partial charge in [0.05, 0.1) is 18.5 Å². The normalized spacial score (nSPS) is 17.4. The molecule has 1 saturated heterocycles. The van der Waals surface area contributed by atoms with E-state index in [2.05, 4.69) is 40.3 Å². The van der Waals surface area contributed by atoms with Gasteiger partial charge < -0.3 is 14.6 Å². The first-order valence-corrected chi connectivity index (χ1v) is 12.0. The van der Waals surface area contributed by atoms with Crippen molar-refractivity contribution in [1.82, 2.24) is 20.4 Å². The second-order valence-electron chi connectivity index (χ2n) is 9.42. The largest absolute Gasteiger partial charge is 0.491 e. The molecule has 0 saturated carbocycles. The Bertz CT molecular complexity index is 1130. The average Bonchev–Trinajstić information content (AvgIpc) is 3.28. The van der Waals surface area contributed by atoms with Crippen LogP contribution in [0.2, 0.25) is 0 Å². The second kappa shape index (κ2) is 10.8. The average molecular weight is 463 g/mol. The first-order valence-electron chi connectivity index (χ1n) is 12.0. The molecule has 0 bridgehead atoms. The third-order valence-corrected chi connectivity index (χ3v) is 6.35. The molecule has 7 heteroatoms. The van der Waals surface area contributed by atoms with Gasteiger partial charge in [0.15, 0.2) is 0 Å². The number of nitrogens with one attached hydrogen (secondary N) is 1. The van der Waals surface area contributed by atoms with Gasteiger partial charge in [-0.2, -0.15) is 4.98 Å². The molecule has 2 unspecified atom stereocenters. The van der Waals surface area contributed by atoms with Crippen molar-refractivity contribution in [3.05, 3.63) is 65.0 Å². The number of aromatic nitrogens is 2. The zero-order valence-electron chi connectivity index (χ0n) is 20.5. The van der Waals surface area contributed by atoms with Crippen molar-refractivity contribution in [3.63, 3.8) is 0 Å². The quantitative estimate of drug-likeness (QED) is 0.532. The van der Waals surface area contributed by atoms with Gasteiger partial charge in [-0.1, -0.05) is 35.0 Å². The van der Waals surface area contributed by atoms with Crippen molar-refractivity contribution in [1.29, 1.82) is 0 Å². The zero-order chi connectivity index (χ0) is 24.1. The molecule has 1 fully saturated rings. The van der Waals surface area contributed by atoms with Crippen molar-refractivity contribution < 1.29 is 14.1 Å². The van der Waals surface area contributed by atoms with E-state index in [1.165, 1.54) is 11.1 Å². The standard InChI is InChI=1S/C27H34N4O3/c1-18-7-5-8-22(13-18)26-29-25(34-30-26)16-31-12-6-9-23(15-31)27(32)28-21(4)17-33-24-11-10-19(2)20(3)14-24/h5,7-8,10-11,13-14,21,23H,6,9,12,15-17H2,1-4H3,(H,28,32). The van der Waals surface area contributed by atoms with Crippen LogP contribution < -0.4 is 10.1 Å². The first-order chi connectivity index (χ1) is 16.4. The fourth-order valence-corrected chi connectivity index (χ4v) is 4.25. The van der Waals surface area contributed by atoms with E-state index in [0.29, 0.717) is 31.4 Å². The van der Waals surface area contributed by atoms with Crippen molar-refractivity contribution in [3.8, 4) is 17.1 Å². The van der Waals surface area contributed by atoms with Crippen LogP contribution in [0.25, 0.3) is 11.4 Å². The number of amides is 1. The molecule has 4 rings (SSSR count). The fraction of sp³-hybridized carbons (Fsp3) is 0.444. The predicted molar refractivity (Wildman–Crippen MR) is 131 cm³/mol. The topological polar surface area (TPSA) is 80.5 Å². The summed E-state index contributed by atoms with van der Waals surface area (Å²) < 4.78 is 11.4. The summed E-state index contributed by atoms with van der Waals surface area (Å²) in [5.74, 6) is 2.02. The lowest BCUT2D eigenvalue weighted by Gasteiger charge is -2.31. The molecule has 1 aliphatic heterocycles. The summed E-state index contributed by atoms with van der Waals surface area (Å²) in [5.41, 5.74) is 4.54. The van der Waals surface area contributed by atoms with E-state index in [1.54, 1.807) is 0 Å². The van der Waals surface area contributed by atoms with E-state index in [4.69, 9.17) is 9.26 Å². The van der Waals surface area contributed by atoms with Crippen molar-refractivity contribution in [2.45, 2.75) is 53.1 Å². The van der Waals surface area contributed by atoms with Gasteiger partial charge in [-0.15, -0.1) is 0 Å². The molecule has 1 aromatic heterocycles. The highest BCUT2D eigenvalue weighted by atomic mass is 16.5. The summed E-state index contributed by atoms with van der Waals surface area (Å²) in [4.78, 5) is 19.7. The highest BCUT2D eigenvalue weighted by Crippen LogP contribution is 2.21. The predicted octanol–water partition coefficient (Wildman–Crippen LogP) is 4.46. The maximum absolute atomic E-state index is 12.9. The molecule has 2 atom stereocenters. The maximum Gasteiger partial charge on any atom is 0.241 e. The Morgan fingerprint density at radius 2 is 2.06 bits per heavy atom. The van der Waals surface area contributed by atoms with E-state index >= 15 is 0 Å². The SMILES string of the molecule is Cc1cccc(-c2noc(CN3CCCC(C(=O)NC(C)COc4ccc(C)c(C)c4)C3)n2)c1. The van der Waals surface area contributed by atoms with E-state index < -0.39 is 0 Å². The van der Waals surface area contributed by atoms with Crippen molar-refractivity contribution in [2.75, 3.05) is 19.7 Å². The minimum absolute atomic E-state index is 0.0583. The lowest BCUT2D eigenvalue weighted by molar-refractivity contribution is -0.127.